The van der Waals surface area contributed by atoms with Gasteiger partial charge in [0.15, 0.2) is 0 Å². The van der Waals surface area contributed by atoms with E-state index in [-0.39, 0.29) is 0 Å². The van der Waals surface area contributed by atoms with Gasteiger partial charge in [0.05, 0.1) is 0 Å². The molecule has 0 amide bonds. The first-order chi connectivity index (χ1) is 6.81. The molecule has 2 atom stereocenters. The number of hydrogen-bond acceptors (Lipinski definition) is 1. The highest BCUT2D eigenvalue weighted by molar-refractivity contribution is 5.62. The van der Waals surface area contributed by atoms with Gasteiger partial charge in [-0.25, -0.2) is 0 Å². The quantitative estimate of drug-likeness (QED) is 0.657. The average Bonchev–Trinajstić information content (AvgIpc) is 2.51. The predicted molar refractivity (Wildman–Crippen MR) is 59.7 cm³/mol. The Kier molecular flexibility index (Phi) is 1.64. The van der Waals surface area contributed by atoms with Crippen molar-refractivity contribution in [1.29, 1.82) is 0 Å². The zero-order chi connectivity index (χ0) is 9.60. The molecule has 0 saturated heterocycles. The standard InChI is InChI=1S/C13H17N/c1-13-9-5-4-8-12(13)14-11-7-3-2-6-10(11)13/h2-3,6-7,12,14H,4-5,8-9H2,1H3/t12-,13+/m0/s1. The first kappa shape index (κ1) is 8.34. The lowest BCUT2D eigenvalue weighted by atomic mass is 9.70. The zero-order valence-electron chi connectivity index (χ0n) is 8.72. The molecule has 1 aliphatic heterocycles. The first-order valence-electron chi connectivity index (χ1n) is 5.67. The second-order valence-electron chi connectivity index (χ2n) is 4.91. The van der Waals surface area contributed by atoms with Crippen LogP contribution in [0, 0.1) is 0 Å². The molecular weight excluding hydrogens is 170 g/mol. The Morgan fingerprint density at radius 1 is 1.29 bits per heavy atom. The summed E-state index contributed by atoms with van der Waals surface area (Å²) in [5.41, 5.74) is 3.33. The fourth-order valence-electron chi connectivity index (χ4n) is 3.18. The van der Waals surface area contributed by atoms with E-state index in [0.717, 1.165) is 0 Å². The lowest BCUT2D eigenvalue weighted by molar-refractivity contribution is 0.305. The van der Waals surface area contributed by atoms with Gasteiger partial charge in [-0.2, -0.15) is 0 Å². The van der Waals surface area contributed by atoms with E-state index >= 15 is 0 Å². The highest BCUT2D eigenvalue weighted by Gasteiger charge is 2.43. The first-order valence-corrected chi connectivity index (χ1v) is 5.67. The molecule has 1 aromatic carbocycles. The molecular formula is C13H17N. The summed E-state index contributed by atoms with van der Waals surface area (Å²) in [6.07, 6.45) is 5.47. The molecule has 1 heteroatoms. The summed E-state index contributed by atoms with van der Waals surface area (Å²) in [4.78, 5) is 0. The third-order valence-corrected chi connectivity index (χ3v) is 4.08. The van der Waals surface area contributed by atoms with Crippen molar-refractivity contribution in [2.45, 2.75) is 44.1 Å². The van der Waals surface area contributed by atoms with Crippen molar-refractivity contribution in [1.82, 2.24) is 0 Å². The van der Waals surface area contributed by atoms with Gasteiger partial charge >= 0.3 is 0 Å². The Balaban J connectivity index is 2.10. The largest absolute Gasteiger partial charge is 0.381 e. The van der Waals surface area contributed by atoms with E-state index in [1.807, 2.05) is 0 Å². The summed E-state index contributed by atoms with van der Waals surface area (Å²) in [6, 6.07) is 9.51. The molecule has 1 nitrogen and oxygen atoms in total. The molecule has 1 aliphatic carbocycles. The van der Waals surface area contributed by atoms with Crippen molar-refractivity contribution < 1.29 is 0 Å². The number of nitrogens with one attached hydrogen (secondary N) is 1. The van der Waals surface area contributed by atoms with Crippen molar-refractivity contribution in [3.8, 4) is 0 Å². The Morgan fingerprint density at radius 3 is 3.07 bits per heavy atom. The maximum absolute atomic E-state index is 3.68. The van der Waals surface area contributed by atoms with Gasteiger partial charge in [0.1, 0.15) is 0 Å². The van der Waals surface area contributed by atoms with Crippen LogP contribution in [-0.2, 0) is 5.41 Å². The third kappa shape index (κ3) is 0.956. The van der Waals surface area contributed by atoms with Gasteiger partial charge in [-0.05, 0) is 24.5 Å². The van der Waals surface area contributed by atoms with E-state index in [1.54, 1.807) is 5.56 Å². The molecule has 3 rings (SSSR count). The summed E-state index contributed by atoms with van der Waals surface area (Å²) in [7, 11) is 0. The number of anilines is 1. The van der Waals surface area contributed by atoms with Gasteiger partial charge in [-0.15, -0.1) is 0 Å². The lowest BCUT2D eigenvalue weighted by Crippen LogP contribution is -2.38. The smallest absolute Gasteiger partial charge is 0.0381 e. The average molecular weight is 187 g/mol. The van der Waals surface area contributed by atoms with Crippen LogP contribution in [-0.4, -0.2) is 6.04 Å². The maximum atomic E-state index is 3.68. The van der Waals surface area contributed by atoms with E-state index in [4.69, 9.17) is 0 Å². The summed E-state index contributed by atoms with van der Waals surface area (Å²) >= 11 is 0. The van der Waals surface area contributed by atoms with E-state index < -0.39 is 0 Å². The van der Waals surface area contributed by atoms with Crippen LogP contribution in [0.3, 0.4) is 0 Å². The van der Waals surface area contributed by atoms with Gasteiger partial charge in [-0.1, -0.05) is 38.0 Å². The molecule has 0 spiro atoms. The van der Waals surface area contributed by atoms with Crippen molar-refractivity contribution in [3.05, 3.63) is 29.8 Å². The van der Waals surface area contributed by atoms with Crippen LogP contribution in [0.25, 0.3) is 0 Å². The fraction of sp³-hybridized carbons (Fsp3) is 0.538. The van der Waals surface area contributed by atoms with E-state index in [1.165, 1.54) is 31.4 Å². The predicted octanol–water partition coefficient (Wildman–Crippen LogP) is 3.31. The molecule has 0 unspecified atom stereocenters. The minimum Gasteiger partial charge on any atom is -0.381 e. The van der Waals surface area contributed by atoms with E-state index in [2.05, 4.69) is 36.5 Å². The van der Waals surface area contributed by atoms with Crippen molar-refractivity contribution in [3.63, 3.8) is 0 Å². The minimum atomic E-state index is 0.412. The fourth-order valence-corrected chi connectivity index (χ4v) is 3.18. The Bertz CT molecular complexity index is 358. The molecule has 0 radical (unpaired) electrons. The maximum Gasteiger partial charge on any atom is 0.0381 e. The van der Waals surface area contributed by atoms with Crippen LogP contribution in [0.5, 0.6) is 0 Å². The second-order valence-corrected chi connectivity index (χ2v) is 4.91. The van der Waals surface area contributed by atoms with Crippen LogP contribution < -0.4 is 5.32 Å². The number of benzene rings is 1. The van der Waals surface area contributed by atoms with Crippen LogP contribution in [0.4, 0.5) is 5.69 Å². The van der Waals surface area contributed by atoms with Gasteiger partial charge in [-0.3, -0.25) is 0 Å². The SMILES string of the molecule is C[C@]12CCCC[C@@H]1Nc1ccccc12. The van der Waals surface area contributed by atoms with Crippen molar-refractivity contribution in [2.75, 3.05) is 5.32 Å². The highest BCUT2D eigenvalue weighted by atomic mass is 15.0. The number of rotatable bonds is 0. The molecule has 1 fully saturated rings. The summed E-state index contributed by atoms with van der Waals surface area (Å²) in [6.45, 7) is 2.43. The monoisotopic (exact) mass is 187 g/mol. The van der Waals surface area contributed by atoms with Crippen molar-refractivity contribution in [2.24, 2.45) is 0 Å². The minimum absolute atomic E-state index is 0.412. The van der Waals surface area contributed by atoms with E-state index in [9.17, 15) is 0 Å². The topological polar surface area (TPSA) is 12.0 Å². The Morgan fingerprint density at radius 2 is 2.14 bits per heavy atom. The zero-order valence-corrected chi connectivity index (χ0v) is 8.72. The van der Waals surface area contributed by atoms with Gasteiger partial charge in [0, 0.05) is 17.1 Å². The highest BCUT2D eigenvalue weighted by Crippen LogP contribution is 2.48. The molecule has 1 N–H and O–H groups in total. The molecule has 0 aromatic heterocycles. The Hall–Kier alpha value is -0.980. The molecule has 0 bridgehead atoms. The summed E-state index contributed by atoms with van der Waals surface area (Å²) in [5.74, 6) is 0. The summed E-state index contributed by atoms with van der Waals surface area (Å²) < 4.78 is 0. The van der Waals surface area contributed by atoms with Crippen LogP contribution >= 0.6 is 0 Å². The second kappa shape index (κ2) is 2.75. The molecule has 2 aliphatic rings. The molecule has 1 aromatic rings. The van der Waals surface area contributed by atoms with Gasteiger partial charge in [0.2, 0.25) is 0 Å². The number of fused-ring (bicyclic) bond motifs is 3. The molecule has 1 heterocycles. The van der Waals surface area contributed by atoms with E-state index in [0.29, 0.717) is 11.5 Å². The molecule has 74 valence electrons. The number of hydrogen-bond donors (Lipinski definition) is 1. The van der Waals surface area contributed by atoms with Crippen LogP contribution in [0.2, 0.25) is 0 Å². The van der Waals surface area contributed by atoms with Crippen LogP contribution in [0.1, 0.15) is 38.2 Å². The van der Waals surface area contributed by atoms with Crippen LogP contribution in [0.15, 0.2) is 24.3 Å². The van der Waals surface area contributed by atoms with Crippen molar-refractivity contribution >= 4 is 5.69 Å². The number of para-hydroxylation sites is 1. The lowest BCUT2D eigenvalue weighted by Gasteiger charge is -2.36. The van der Waals surface area contributed by atoms with Gasteiger partial charge < -0.3 is 5.32 Å². The normalized spacial score (nSPS) is 34.5. The van der Waals surface area contributed by atoms with Gasteiger partial charge in [0.25, 0.3) is 0 Å². The molecule has 14 heavy (non-hydrogen) atoms. The summed E-state index contributed by atoms with van der Waals surface area (Å²) in [5, 5.41) is 3.68. The molecule has 1 saturated carbocycles. The Labute approximate surface area is 85.5 Å². The third-order valence-electron chi connectivity index (χ3n) is 4.08.